The van der Waals surface area contributed by atoms with Crippen LogP contribution in [0.5, 0.6) is 0 Å². The average molecular weight is 207 g/mol. The Labute approximate surface area is 90.1 Å². The first-order valence-electron chi connectivity index (χ1n) is 4.94. The highest BCUT2D eigenvalue weighted by Gasteiger charge is 2.09. The van der Waals surface area contributed by atoms with Crippen LogP contribution in [0.25, 0.3) is 0 Å². The Morgan fingerprint density at radius 2 is 1.93 bits per heavy atom. The minimum Gasteiger partial charge on any atom is -0.341 e. The van der Waals surface area contributed by atoms with Gasteiger partial charge in [0, 0.05) is 18.8 Å². The Morgan fingerprint density at radius 1 is 1.27 bits per heavy atom. The maximum Gasteiger partial charge on any atom is 0.318 e. The number of rotatable bonds is 3. The monoisotopic (exact) mass is 207 g/mol. The van der Waals surface area contributed by atoms with E-state index in [1.54, 1.807) is 7.05 Å². The molecule has 0 aliphatic rings. The molecule has 15 heavy (non-hydrogen) atoms. The lowest BCUT2D eigenvalue weighted by Gasteiger charge is -2.16. The summed E-state index contributed by atoms with van der Waals surface area (Å²) in [7, 11) is 3.49. The summed E-state index contributed by atoms with van der Waals surface area (Å²) in [5.41, 5.74) is 1.90. The van der Waals surface area contributed by atoms with Crippen LogP contribution >= 0.6 is 0 Å². The number of carbonyl (C=O) groups excluding carboxylic acids is 1. The first-order chi connectivity index (χ1) is 7.19. The molecule has 1 unspecified atom stereocenters. The Morgan fingerprint density at radius 3 is 2.53 bits per heavy atom. The Bertz CT molecular complexity index is 338. The number of para-hydroxylation sites is 1. The van der Waals surface area contributed by atoms with Gasteiger partial charge in [-0.25, -0.2) is 4.79 Å². The highest BCUT2D eigenvalue weighted by molar-refractivity contribution is 5.89. The van der Waals surface area contributed by atoms with Gasteiger partial charge in [-0.1, -0.05) is 18.2 Å². The van der Waals surface area contributed by atoms with Crippen molar-refractivity contribution in [1.82, 2.24) is 10.6 Å². The van der Waals surface area contributed by atoms with Gasteiger partial charge in [-0.15, -0.1) is 0 Å². The molecule has 0 aliphatic carbocycles. The summed E-state index contributed by atoms with van der Waals surface area (Å²) in [4.78, 5) is 11.2. The predicted octanol–water partition coefficient (Wildman–Crippen LogP) is 1.72. The summed E-state index contributed by atoms with van der Waals surface area (Å²) in [5.74, 6) is 0. The average Bonchev–Trinajstić information content (AvgIpc) is 2.28. The molecular formula is C11H17N3O. The molecule has 0 saturated heterocycles. The van der Waals surface area contributed by atoms with Crippen LogP contribution in [0.2, 0.25) is 0 Å². The van der Waals surface area contributed by atoms with Gasteiger partial charge in [-0.3, -0.25) is 0 Å². The van der Waals surface area contributed by atoms with Crippen molar-refractivity contribution in [2.24, 2.45) is 0 Å². The molecule has 1 atom stereocenters. The summed E-state index contributed by atoms with van der Waals surface area (Å²) in [6.07, 6.45) is 0. The number of hydrogen-bond donors (Lipinski definition) is 3. The Kier molecular flexibility index (Phi) is 4.12. The number of benzene rings is 1. The number of hydrogen-bond acceptors (Lipinski definition) is 2. The topological polar surface area (TPSA) is 53.2 Å². The summed E-state index contributed by atoms with van der Waals surface area (Å²) >= 11 is 0. The fourth-order valence-corrected chi connectivity index (χ4v) is 1.33. The number of nitrogens with one attached hydrogen (secondary N) is 3. The quantitative estimate of drug-likeness (QED) is 0.707. The van der Waals surface area contributed by atoms with E-state index in [0.717, 1.165) is 11.3 Å². The summed E-state index contributed by atoms with van der Waals surface area (Å²) in [5, 5.41) is 8.45. The highest BCUT2D eigenvalue weighted by atomic mass is 16.2. The SMILES string of the molecule is CNC(=O)Nc1ccccc1C(C)NC. The van der Waals surface area contributed by atoms with Gasteiger partial charge in [-0.05, 0) is 25.6 Å². The minimum absolute atomic E-state index is 0.203. The molecule has 82 valence electrons. The predicted molar refractivity (Wildman–Crippen MR) is 62.0 cm³/mol. The second-order valence-electron chi connectivity index (χ2n) is 3.30. The molecule has 1 aromatic rings. The third-order valence-corrected chi connectivity index (χ3v) is 2.34. The first kappa shape index (κ1) is 11.5. The van der Waals surface area contributed by atoms with Crippen molar-refractivity contribution in [1.29, 1.82) is 0 Å². The van der Waals surface area contributed by atoms with Crippen molar-refractivity contribution < 1.29 is 4.79 Å². The van der Waals surface area contributed by atoms with E-state index in [9.17, 15) is 4.79 Å². The van der Waals surface area contributed by atoms with E-state index in [-0.39, 0.29) is 12.1 Å². The van der Waals surface area contributed by atoms with Crippen LogP contribution in [-0.2, 0) is 0 Å². The maximum atomic E-state index is 11.2. The number of amides is 2. The third kappa shape index (κ3) is 2.95. The molecule has 0 aliphatic heterocycles. The lowest BCUT2D eigenvalue weighted by Crippen LogP contribution is -2.26. The lowest BCUT2D eigenvalue weighted by molar-refractivity contribution is 0.254. The van der Waals surface area contributed by atoms with E-state index >= 15 is 0 Å². The summed E-state index contributed by atoms with van der Waals surface area (Å²) in [6, 6.07) is 7.74. The van der Waals surface area contributed by atoms with Crippen molar-refractivity contribution in [3.8, 4) is 0 Å². The highest BCUT2D eigenvalue weighted by Crippen LogP contribution is 2.21. The van der Waals surface area contributed by atoms with Crippen LogP contribution in [0, 0.1) is 0 Å². The van der Waals surface area contributed by atoms with E-state index in [1.807, 2.05) is 38.2 Å². The van der Waals surface area contributed by atoms with Gasteiger partial charge in [0.05, 0.1) is 0 Å². The number of anilines is 1. The minimum atomic E-state index is -0.203. The molecule has 0 spiro atoms. The van der Waals surface area contributed by atoms with Gasteiger partial charge in [0.15, 0.2) is 0 Å². The van der Waals surface area contributed by atoms with Gasteiger partial charge in [-0.2, -0.15) is 0 Å². The molecule has 1 rings (SSSR count). The molecule has 0 saturated carbocycles. The normalized spacial score (nSPS) is 11.9. The third-order valence-electron chi connectivity index (χ3n) is 2.34. The van der Waals surface area contributed by atoms with Crippen LogP contribution in [0.4, 0.5) is 10.5 Å². The van der Waals surface area contributed by atoms with Gasteiger partial charge < -0.3 is 16.0 Å². The fourth-order valence-electron chi connectivity index (χ4n) is 1.33. The molecule has 0 radical (unpaired) electrons. The Balaban J connectivity index is 2.91. The molecule has 3 N–H and O–H groups in total. The van der Waals surface area contributed by atoms with Crippen LogP contribution in [0.1, 0.15) is 18.5 Å². The van der Waals surface area contributed by atoms with Crippen molar-refractivity contribution in [2.75, 3.05) is 19.4 Å². The van der Waals surface area contributed by atoms with Gasteiger partial charge in [0.2, 0.25) is 0 Å². The molecular weight excluding hydrogens is 190 g/mol. The molecule has 4 nitrogen and oxygen atoms in total. The van der Waals surface area contributed by atoms with E-state index < -0.39 is 0 Å². The molecule has 0 fully saturated rings. The maximum absolute atomic E-state index is 11.2. The summed E-state index contributed by atoms with van der Waals surface area (Å²) < 4.78 is 0. The zero-order valence-electron chi connectivity index (χ0n) is 9.29. The van der Waals surface area contributed by atoms with Crippen LogP contribution in [-0.4, -0.2) is 20.1 Å². The van der Waals surface area contributed by atoms with Crippen LogP contribution in [0.3, 0.4) is 0 Å². The van der Waals surface area contributed by atoms with Crippen LogP contribution in [0.15, 0.2) is 24.3 Å². The van der Waals surface area contributed by atoms with Crippen molar-refractivity contribution in [3.05, 3.63) is 29.8 Å². The van der Waals surface area contributed by atoms with Crippen LogP contribution < -0.4 is 16.0 Å². The fraction of sp³-hybridized carbons (Fsp3) is 0.364. The second kappa shape index (κ2) is 5.36. The van der Waals surface area contributed by atoms with E-state index in [4.69, 9.17) is 0 Å². The van der Waals surface area contributed by atoms with Gasteiger partial charge in [0.25, 0.3) is 0 Å². The molecule has 4 heteroatoms. The van der Waals surface area contributed by atoms with E-state index in [1.165, 1.54) is 0 Å². The lowest BCUT2D eigenvalue weighted by atomic mass is 10.1. The van der Waals surface area contributed by atoms with Crippen molar-refractivity contribution >= 4 is 11.7 Å². The zero-order chi connectivity index (χ0) is 11.3. The van der Waals surface area contributed by atoms with Crippen molar-refractivity contribution in [3.63, 3.8) is 0 Å². The molecule has 0 bridgehead atoms. The van der Waals surface area contributed by atoms with Gasteiger partial charge >= 0.3 is 6.03 Å². The molecule has 0 heterocycles. The standard InChI is InChI=1S/C11H17N3O/c1-8(12-2)9-6-4-5-7-10(9)14-11(15)13-3/h4-8,12H,1-3H3,(H2,13,14,15). The number of urea groups is 1. The zero-order valence-corrected chi connectivity index (χ0v) is 9.29. The van der Waals surface area contributed by atoms with Crippen molar-refractivity contribution in [2.45, 2.75) is 13.0 Å². The first-order valence-corrected chi connectivity index (χ1v) is 4.94. The smallest absolute Gasteiger partial charge is 0.318 e. The molecule has 1 aromatic carbocycles. The summed E-state index contributed by atoms with van der Waals surface area (Å²) in [6.45, 7) is 2.05. The van der Waals surface area contributed by atoms with Gasteiger partial charge in [0.1, 0.15) is 0 Å². The largest absolute Gasteiger partial charge is 0.341 e. The number of carbonyl (C=O) groups is 1. The second-order valence-corrected chi connectivity index (χ2v) is 3.30. The molecule has 2 amide bonds. The van der Waals surface area contributed by atoms with E-state index in [2.05, 4.69) is 16.0 Å². The Hall–Kier alpha value is -1.55. The molecule has 0 aromatic heterocycles. The van der Waals surface area contributed by atoms with E-state index in [0.29, 0.717) is 0 Å².